The molecule has 0 saturated carbocycles. The van der Waals surface area contributed by atoms with Crippen molar-refractivity contribution < 1.29 is 9.53 Å². The van der Waals surface area contributed by atoms with E-state index in [4.69, 9.17) is 4.74 Å². The molecule has 182 valence electrons. The fraction of sp³-hybridized carbons (Fsp3) is 0.387. The fourth-order valence-electron chi connectivity index (χ4n) is 5.55. The highest BCUT2D eigenvalue weighted by molar-refractivity contribution is 5.79. The van der Waals surface area contributed by atoms with Crippen molar-refractivity contribution in [3.8, 4) is 11.5 Å². The molecule has 35 heavy (non-hydrogen) atoms. The van der Waals surface area contributed by atoms with Gasteiger partial charge in [0.05, 0.1) is 5.92 Å². The molecule has 2 saturated heterocycles. The summed E-state index contributed by atoms with van der Waals surface area (Å²) in [6.45, 7) is 4.57. The predicted octanol–water partition coefficient (Wildman–Crippen LogP) is 6.17. The number of amides is 1. The molecule has 4 nitrogen and oxygen atoms in total. The Hall–Kier alpha value is -3.11. The lowest BCUT2D eigenvalue weighted by Crippen LogP contribution is -2.47. The monoisotopic (exact) mass is 468 g/mol. The van der Waals surface area contributed by atoms with Crippen LogP contribution < -0.4 is 4.74 Å². The number of benzene rings is 3. The van der Waals surface area contributed by atoms with E-state index in [1.807, 2.05) is 36.4 Å². The van der Waals surface area contributed by atoms with Gasteiger partial charge in [-0.3, -0.25) is 9.69 Å². The number of rotatable bonds is 7. The minimum Gasteiger partial charge on any atom is -0.457 e. The van der Waals surface area contributed by atoms with Crippen molar-refractivity contribution in [2.45, 2.75) is 38.6 Å². The third-order valence-corrected chi connectivity index (χ3v) is 7.43. The smallest absolute Gasteiger partial charge is 0.226 e. The van der Waals surface area contributed by atoms with Gasteiger partial charge < -0.3 is 9.64 Å². The van der Waals surface area contributed by atoms with Crippen LogP contribution in [-0.4, -0.2) is 41.9 Å². The first-order chi connectivity index (χ1) is 17.2. The Morgan fingerprint density at radius 1 is 0.771 bits per heavy atom. The number of hydrogen-bond donors (Lipinski definition) is 0. The molecule has 2 aliphatic heterocycles. The first-order valence-corrected chi connectivity index (χ1v) is 13.1. The molecule has 0 spiro atoms. The third kappa shape index (κ3) is 6.52. The molecule has 0 aromatic heterocycles. The maximum absolute atomic E-state index is 13.4. The van der Waals surface area contributed by atoms with Crippen molar-refractivity contribution in [3.05, 3.63) is 96.1 Å². The summed E-state index contributed by atoms with van der Waals surface area (Å²) in [5.41, 5.74) is 2.65. The van der Waals surface area contributed by atoms with Gasteiger partial charge in [-0.2, -0.15) is 0 Å². The van der Waals surface area contributed by atoms with Gasteiger partial charge >= 0.3 is 0 Å². The Kier molecular flexibility index (Phi) is 7.79. The van der Waals surface area contributed by atoms with Gasteiger partial charge in [0.15, 0.2) is 0 Å². The molecule has 4 heteroatoms. The summed E-state index contributed by atoms with van der Waals surface area (Å²) in [5, 5.41) is 0. The number of carbonyl (C=O) groups excluding carboxylic acids is 1. The summed E-state index contributed by atoms with van der Waals surface area (Å²) in [6, 6.07) is 29.0. The first kappa shape index (κ1) is 23.6. The van der Waals surface area contributed by atoms with E-state index in [9.17, 15) is 4.79 Å². The Labute approximate surface area is 209 Å². The van der Waals surface area contributed by atoms with Crippen LogP contribution in [0.3, 0.4) is 0 Å². The molecule has 1 amide bonds. The highest BCUT2D eigenvalue weighted by Crippen LogP contribution is 2.27. The van der Waals surface area contributed by atoms with Crippen molar-refractivity contribution in [3.63, 3.8) is 0 Å². The molecule has 1 atom stereocenters. The minimum atomic E-state index is 0.123. The van der Waals surface area contributed by atoms with E-state index in [1.165, 1.54) is 11.1 Å². The number of hydrogen-bond acceptors (Lipinski definition) is 3. The van der Waals surface area contributed by atoms with Crippen molar-refractivity contribution in [2.24, 2.45) is 11.8 Å². The zero-order valence-electron chi connectivity index (χ0n) is 20.5. The van der Waals surface area contributed by atoms with E-state index in [1.54, 1.807) is 0 Å². The summed E-state index contributed by atoms with van der Waals surface area (Å²) in [5.74, 6) is 2.89. The Morgan fingerprint density at radius 2 is 1.46 bits per heavy atom. The van der Waals surface area contributed by atoms with Crippen LogP contribution >= 0.6 is 0 Å². The second-order valence-corrected chi connectivity index (χ2v) is 10.1. The molecule has 2 fully saturated rings. The van der Waals surface area contributed by atoms with Crippen LogP contribution in [0.2, 0.25) is 0 Å². The molecule has 0 radical (unpaired) electrons. The second kappa shape index (κ2) is 11.5. The topological polar surface area (TPSA) is 32.8 Å². The SMILES string of the molecule is O=C([C@@H]1CCCN(Cc2cccc(Oc3ccccc3)c2)C1)N1CCC(Cc2ccccc2)CC1. The summed E-state index contributed by atoms with van der Waals surface area (Å²) in [4.78, 5) is 17.9. The van der Waals surface area contributed by atoms with Gasteiger partial charge in [-0.1, -0.05) is 60.7 Å². The molecular formula is C31H36N2O2. The van der Waals surface area contributed by atoms with Crippen molar-refractivity contribution in [1.82, 2.24) is 9.80 Å². The molecule has 0 bridgehead atoms. The molecule has 3 aromatic carbocycles. The van der Waals surface area contributed by atoms with E-state index >= 15 is 0 Å². The van der Waals surface area contributed by atoms with E-state index in [2.05, 4.69) is 58.3 Å². The minimum absolute atomic E-state index is 0.123. The lowest BCUT2D eigenvalue weighted by atomic mass is 9.89. The molecule has 2 aliphatic rings. The van der Waals surface area contributed by atoms with Crippen LogP contribution in [-0.2, 0) is 17.8 Å². The second-order valence-electron chi connectivity index (χ2n) is 10.1. The largest absolute Gasteiger partial charge is 0.457 e. The van der Waals surface area contributed by atoms with Gasteiger partial charge in [-0.15, -0.1) is 0 Å². The maximum atomic E-state index is 13.4. The zero-order chi connectivity index (χ0) is 23.9. The maximum Gasteiger partial charge on any atom is 0.226 e. The number of piperidine rings is 2. The van der Waals surface area contributed by atoms with Crippen molar-refractivity contribution >= 4 is 5.91 Å². The van der Waals surface area contributed by atoms with Gasteiger partial charge in [-0.25, -0.2) is 0 Å². The average molecular weight is 469 g/mol. The number of likely N-dealkylation sites (tertiary alicyclic amines) is 2. The molecular weight excluding hydrogens is 432 g/mol. The molecule has 0 N–H and O–H groups in total. The van der Waals surface area contributed by atoms with E-state index in [0.717, 1.165) is 76.3 Å². The van der Waals surface area contributed by atoms with Gasteiger partial charge in [0.25, 0.3) is 0 Å². The first-order valence-electron chi connectivity index (χ1n) is 13.1. The highest BCUT2D eigenvalue weighted by Gasteiger charge is 2.31. The van der Waals surface area contributed by atoms with Crippen LogP contribution in [0.4, 0.5) is 0 Å². The Bertz CT molecular complexity index is 1080. The lowest BCUT2D eigenvalue weighted by Gasteiger charge is -2.38. The third-order valence-electron chi connectivity index (χ3n) is 7.43. The van der Waals surface area contributed by atoms with E-state index in [-0.39, 0.29) is 5.92 Å². The molecule has 3 aromatic rings. The normalized spacial score (nSPS) is 19.4. The molecule has 5 rings (SSSR count). The van der Waals surface area contributed by atoms with Crippen LogP contribution in [0.15, 0.2) is 84.9 Å². The number of carbonyl (C=O) groups is 1. The number of nitrogens with zero attached hydrogens (tertiary/aromatic N) is 2. The van der Waals surface area contributed by atoms with Crippen LogP contribution in [0.1, 0.15) is 36.8 Å². The van der Waals surface area contributed by atoms with Crippen molar-refractivity contribution in [1.29, 1.82) is 0 Å². The van der Waals surface area contributed by atoms with Crippen LogP contribution in [0.5, 0.6) is 11.5 Å². The predicted molar refractivity (Wildman–Crippen MR) is 140 cm³/mol. The summed E-state index contributed by atoms with van der Waals surface area (Å²) < 4.78 is 6.01. The van der Waals surface area contributed by atoms with E-state index < -0.39 is 0 Å². The van der Waals surface area contributed by atoms with Gasteiger partial charge in [0.1, 0.15) is 11.5 Å². The Balaban J connectivity index is 1.12. The van der Waals surface area contributed by atoms with Gasteiger partial charge in [0.2, 0.25) is 5.91 Å². The molecule has 0 unspecified atom stereocenters. The van der Waals surface area contributed by atoms with Crippen LogP contribution in [0.25, 0.3) is 0 Å². The Morgan fingerprint density at radius 3 is 2.23 bits per heavy atom. The highest BCUT2D eigenvalue weighted by atomic mass is 16.5. The van der Waals surface area contributed by atoms with Crippen molar-refractivity contribution in [2.75, 3.05) is 26.2 Å². The van der Waals surface area contributed by atoms with Crippen LogP contribution in [0, 0.1) is 11.8 Å². The summed E-state index contributed by atoms with van der Waals surface area (Å²) >= 11 is 0. The quantitative estimate of drug-likeness (QED) is 0.416. The van der Waals surface area contributed by atoms with Gasteiger partial charge in [0, 0.05) is 26.2 Å². The summed E-state index contributed by atoms with van der Waals surface area (Å²) in [6.07, 6.45) is 5.46. The fourth-order valence-corrected chi connectivity index (χ4v) is 5.55. The van der Waals surface area contributed by atoms with E-state index in [0.29, 0.717) is 11.8 Å². The molecule has 2 heterocycles. The lowest BCUT2D eigenvalue weighted by molar-refractivity contribution is -0.138. The standard InChI is InChI=1S/C31H36N2O2/c34-31(33-19-16-26(17-20-33)21-25-9-3-1-4-10-25)28-12-8-18-32(24-28)23-27-11-7-15-30(22-27)35-29-13-5-2-6-14-29/h1-7,9-11,13-15,22,26,28H,8,12,16-21,23-24H2/t28-/m1/s1. The average Bonchev–Trinajstić information content (AvgIpc) is 2.90. The number of para-hydroxylation sites is 1. The zero-order valence-corrected chi connectivity index (χ0v) is 20.5. The number of ether oxygens (including phenoxy) is 1. The summed E-state index contributed by atoms with van der Waals surface area (Å²) in [7, 11) is 0. The molecule has 0 aliphatic carbocycles. The van der Waals surface area contributed by atoms with Gasteiger partial charge in [-0.05, 0) is 80.0 Å².